The number of nitrogens with zero attached hydrogens (tertiary/aromatic N) is 1. The van der Waals surface area contributed by atoms with Crippen molar-refractivity contribution in [3.8, 4) is 0 Å². The van der Waals surface area contributed by atoms with Crippen LogP contribution >= 0.6 is 0 Å². The van der Waals surface area contributed by atoms with Crippen molar-refractivity contribution in [3.63, 3.8) is 0 Å². The highest BCUT2D eigenvalue weighted by Crippen LogP contribution is 2.34. The van der Waals surface area contributed by atoms with Crippen LogP contribution in [0, 0.1) is 5.92 Å². The quantitative estimate of drug-likeness (QED) is 0.910. The van der Waals surface area contributed by atoms with E-state index in [-0.39, 0.29) is 6.04 Å². The lowest BCUT2D eigenvalue weighted by atomic mass is 9.86. The summed E-state index contributed by atoms with van der Waals surface area (Å²) in [5, 5.41) is 3.47. The fourth-order valence-electron chi connectivity index (χ4n) is 3.14. The molecule has 0 saturated carbocycles. The van der Waals surface area contributed by atoms with Gasteiger partial charge in [-0.1, -0.05) is 19.9 Å². The van der Waals surface area contributed by atoms with Gasteiger partial charge >= 0.3 is 6.18 Å². The molecule has 3 unspecified atom stereocenters. The van der Waals surface area contributed by atoms with Crippen LogP contribution in [0.1, 0.15) is 32.8 Å². The van der Waals surface area contributed by atoms with E-state index in [2.05, 4.69) is 31.0 Å². The van der Waals surface area contributed by atoms with Gasteiger partial charge in [0.15, 0.2) is 0 Å². The molecule has 1 aliphatic heterocycles. The average Bonchev–Trinajstić information content (AvgIpc) is 2.43. The van der Waals surface area contributed by atoms with Crippen molar-refractivity contribution in [2.45, 2.75) is 45.5 Å². The molecule has 1 saturated heterocycles. The first-order valence-corrected chi connectivity index (χ1v) is 7.52. The van der Waals surface area contributed by atoms with Crippen LogP contribution in [0.3, 0.4) is 0 Å². The number of hydrogen-bond donors (Lipinski definition) is 1. The first kappa shape index (κ1) is 16.1. The zero-order chi connectivity index (χ0) is 15.6. The Labute approximate surface area is 124 Å². The number of benzene rings is 1. The number of halogens is 3. The molecule has 21 heavy (non-hydrogen) atoms. The molecule has 118 valence electrons. The maximum absolute atomic E-state index is 12.8. The summed E-state index contributed by atoms with van der Waals surface area (Å²) in [6.07, 6.45) is -3.33. The second kappa shape index (κ2) is 6.26. The van der Waals surface area contributed by atoms with Crippen LogP contribution in [-0.4, -0.2) is 25.2 Å². The van der Waals surface area contributed by atoms with Crippen LogP contribution in [0.5, 0.6) is 0 Å². The number of alkyl halides is 3. The van der Waals surface area contributed by atoms with Gasteiger partial charge in [0, 0.05) is 24.3 Å². The van der Waals surface area contributed by atoms with Crippen LogP contribution in [0.2, 0.25) is 0 Å². The van der Waals surface area contributed by atoms with Crippen LogP contribution in [0.25, 0.3) is 0 Å². The lowest BCUT2D eigenvalue weighted by molar-refractivity contribution is -0.137. The van der Waals surface area contributed by atoms with E-state index in [1.807, 2.05) is 0 Å². The Morgan fingerprint density at radius 1 is 1.29 bits per heavy atom. The van der Waals surface area contributed by atoms with E-state index >= 15 is 0 Å². The van der Waals surface area contributed by atoms with E-state index in [1.165, 1.54) is 12.1 Å². The highest BCUT2D eigenvalue weighted by Gasteiger charge is 2.34. The standard InChI is InChI=1S/C16H23F3N2/c1-4-20-15-8-9-21(12(3)11(15)2)14-7-5-6-13(10-14)16(17,18)19/h5-7,10-12,15,20H,4,8-9H2,1-3H3. The van der Waals surface area contributed by atoms with Crippen molar-refractivity contribution in [2.24, 2.45) is 5.92 Å². The molecule has 1 aromatic rings. The van der Waals surface area contributed by atoms with Crippen molar-refractivity contribution in [2.75, 3.05) is 18.0 Å². The van der Waals surface area contributed by atoms with Gasteiger partial charge in [-0.3, -0.25) is 0 Å². The molecule has 0 aromatic heterocycles. The second-order valence-electron chi connectivity index (χ2n) is 5.79. The van der Waals surface area contributed by atoms with Crippen molar-refractivity contribution in [1.29, 1.82) is 0 Å². The molecule has 1 N–H and O–H groups in total. The van der Waals surface area contributed by atoms with Gasteiger partial charge in [0.05, 0.1) is 5.56 Å². The number of piperidine rings is 1. The van der Waals surface area contributed by atoms with Gasteiger partial charge in [0.2, 0.25) is 0 Å². The molecule has 3 atom stereocenters. The van der Waals surface area contributed by atoms with Gasteiger partial charge in [0.1, 0.15) is 0 Å². The fraction of sp³-hybridized carbons (Fsp3) is 0.625. The Bertz CT molecular complexity index is 473. The molecule has 1 fully saturated rings. The highest BCUT2D eigenvalue weighted by molar-refractivity contribution is 5.50. The van der Waals surface area contributed by atoms with Crippen molar-refractivity contribution < 1.29 is 13.2 Å². The first-order valence-electron chi connectivity index (χ1n) is 7.52. The highest BCUT2D eigenvalue weighted by atomic mass is 19.4. The van der Waals surface area contributed by atoms with Crippen molar-refractivity contribution in [3.05, 3.63) is 29.8 Å². The molecule has 5 heteroatoms. The lowest BCUT2D eigenvalue weighted by Crippen LogP contribution is -2.53. The van der Waals surface area contributed by atoms with Crippen LogP contribution in [0.15, 0.2) is 24.3 Å². The minimum absolute atomic E-state index is 0.214. The van der Waals surface area contributed by atoms with Gasteiger partial charge in [-0.2, -0.15) is 13.2 Å². The fourth-order valence-corrected chi connectivity index (χ4v) is 3.14. The average molecular weight is 300 g/mol. The lowest BCUT2D eigenvalue weighted by Gasteiger charge is -2.44. The smallest absolute Gasteiger partial charge is 0.368 e. The molecule has 2 nitrogen and oxygen atoms in total. The maximum Gasteiger partial charge on any atom is 0.416 e. The summed E-state index contributed by atoms with van der Waals surface area (Å²) in [4.78, 5) is 2.09. The third-order valence-electron chi connectivity index (χ3n) is 4.54. The van der Waals surface area contributed by atoms with E-state index < -0.39 is 11.7 Å². The van der Waals surface area contributed by atoms with E-state index in [0.717, 1.165) is 25.6 Å². The summed E-state index contributed by atoms with van der Waals surface area (Å²) in [6, 6.07) is 6.30. The SMILES string of the molecule is CCNC1CCN(c2cccc(C(F)(F)F)c2)C(C)C1C. The third kappa shape index (κ3) is 3.51. The summed E-state index contributed by atoms with van der Waals surface area (Å²) in [6.45, 7) is 8.04. The van der Waals surface area contributed by atoms with Gasteiger partial charge < -0.3 is 10.2 Å². The number of anilines is 1. The Morgan fingerprint density at radius 2 is 2.00 bits per heavy atom. The summed E-state index contributed by atoms with van der Waals surface area (Å²) < 4.78 is 38.5. The van der Waals surface area contributed by atoms with Crippen molar-refractivity contribution >= 4 is 5.69 Å². The zero-order valence-corrected chi connectivity index (χ0v) is 12.7. The molecule has 0 aliphatic carbocycles. The topological polar surface area (TPSA) is 15.3 Å². The summed E-state index contributed by atoms with van der Waals surface area (Å²) >= 11 is 0. The number of hydrogen-bond acceptors (Lipinski definition) is 2. The van der Waals surface area contributed by atoms with E-state index in [4.69, 9.17) is 0 Å². The zero-order valence-electron chi connectivity index (χ0n) is 12.7. The maximum atomic E-state index is 12.8. The predicted octanol–water partition coefficient (Wildman–Crippen LogP) is 3.92. The van der Waals surface area contributed by atoms with Gasteiger partial charge in [-0.05, 0) is 44.0 Å². The second-order valence-corrected chi connectivity index (χ2v) is 5.79. The summed E-state index contributed by atoms with van der Waals surface area (Å²) in [5.41, 5.74) is 0.0905. The Hall–Kier alpha value is -1.23. The Balaban J connectivity index is 2.19. The van der Waals surface area contributed by atoms with Gasteiger partial charge in [-0.25, -0.2) is 0 Å². The number of nitrogens with one attached hydrogen (secondary N) is 1. The molecule has 0 amide bonds. The van der Waals surface area contributed by atoms with Gasteiger partial charge in [-0.15, -0.1) is 0 Å². The molecule has 1 aromatic carbocycles. The van der Waals surface area contributed by atoms with E-state index in [1.54, 1.807) is 6.07 Å². The van der Waals surface area contributed by atoms with Crippen LogP contribution < -0.4 is 10.2 Å². The molecule has 2 rings (SSSR count). The van der Waals surface area contributed by atoms with Crippen LogP contribution in [-0.2, 0) is 6.18 Å². The first-order chi connectivity index (χ1) is 9.84. The predicted molar refractivity (Wildman–Crippen MR) is 79.5 cm³/mol. The molecular formula is C16H23F3N2. The molecule has 1 heterocycles. The minimum Gasteiger partial charge on any atom is -0.368 e. The normalized spacial score (nSPS) is 27.0. The molecule has 1 aliphatic rings. The number of rotatable bonds is 3. The molecule has 0 spiro atoms. The van der Waals surface area contributed by atoms with Crippen LogP contribution in [0.4, 0.5) is 18.9 Å². The Morgan fingerprint density at radius 3 is 2.62 bits per heavy atom. The molecule has 0 bridgehead atoms. The van der Waals surface area contributed by atoms with Gasteiger partial charge in [0.25, 0.3) is 0 Å². The summed E-state index contributed by atoms with van der Waals surface area (Å²) in [7, 11) is 0. The molecule has 0 radical (unpaired) electrons. The molecular weight excluding hydrogens is 277 g/mol. The largest absolute Gasteiger partial charge is 0.416 e. The summed E-state index contributed by atoms with van der Waals surface area (Å²) in [5.74, 6) is 0.397. The van der Waals surface area contributed by atoms with E-state index in [0.29, 0.717) is 17.6 Å². The monoisotopic (exact) mass is 300 g/mol. The third-order valence-corrected chi connectivity index (χ3v) is 4.54. The minimum atomic E-state index is -4.28. The Kier molecular flexibility index (Phi) is 4.81. The van der Waals surface area contributed by atoms with E-state index in [9.17, 15) is 13.2 Å². The van der Waals surface area contributed by atoms with Crippen molar-refractivity contribution in [1.82, 2.24) is 5.32 Å².